The van der Waals surface area contributed by atoms with E-state index in [1.807, 2.05) is 6.07 Å². The van der Waals surface area contributed by atoms with Gasteiger partial charge in [0.2, 0.25) is 0 Å². The van der Waals surface area contributed by atoms with Gasteiger partial charge in [0.05, 0.1) is 12.5 Å². The number of hydrogen-bond donors (Lipinski definition) is 2. The van der Waals surface area contributed by atoms with Gasteiger partial charge in [0.1, 0.15) is 11.6 Å². The fourth-order valence-electron chi connectivity index (χ4n) is 2.28. The van der Waals surface area contributed by atoms with Crippen molar-refractivity contribution in [2.24, 2.45) is 5.92 Å². The van der Waals surface area contributed by atoms with Crippen molar-refractivity contribution >= 4 is 5.97 Å². The van der Waals surface area contributed by atoms with Gasteiger partial charge in [-0.15, -0.1) is 0 Å². The average Bonchev–Trinajstić information content (AvgIpc) is 2.81. The highest BCUT2D eigenvalue weighted by Gasteiger charge is 2.26. The van der Waals surface area contributed by atoms with E-state index in [-0.39, 0.29) is 5.75 Å². The number of benzene rings is 1. The van der Waals surface area contributed by atoms with Crippen molar-refractivity contribution in [3.05, 3.63) is 30.1 Å². The Kier molecular flexibility index (Phi) is 2.70. The van der Waals surface area contributed by atoms with Gasteiger partial charge in [-0.25, -0.2) is 9.67 Å². The van der Waals surface area contributed by atoms with Gasteiger partial charge < -0.3 is 10.2 Å². The first-order chi connectivity index (χ1) is 9.13. The Balaban J connectivity index is 1.93. The van der Waals surface area contributed by atoms with Gasteiger partial charge in [-0.2, -0.15) is 5.10 Å². The Morgan fingerprint density at radius 2 is 2.26 bits per heavy atom. The minimum Gasteiger partial charge on any atom is -0.508 e. The van der Waals surface area contributed by atoms with Crippen LogP contribution in [0.15, 0.2) is 24.3 Å². The lowest BCUT2D eigenvalue weighted by Crippen LogP contribution is -2.27. The molecule has 2 aromatic rings. The predicted molar refractivity (Wildman–Crippen MR) is 66.6 cm³/mol. The molecule has 1 atom stereocenters. The molecule has 6 nitrogen and oxygen atoms in total. The second kappa shape index (κ2) is 4.38. The first kappa shape index (κ1) is 11.7. The van der Waals surface area contributed by atoms with Crippen LogP contribution in [0.4, 0.5) is 0 Å². The van der Waals surface area contributed by atoms with Crippen molar-refractivity contribution in [1.82, 2.24) is 14.8 Å². The van der Waals surface area contributed by atoms with Crippen molar-refractivity contribution in [2.75, 3.05) is 0 Å². The number of hydrogen-bond acceptors (Lipinski definition) is 4. The van der Waals surface area contributed by atoms with Crippen molar-refractivity contribution in [2.45, 2.75) is 19.4 Å². The topological polar surface area (TPSA) is 88.2 Å². The van der Waals surface area contributed by atoms with Crippen LogP contribution in [0.2, 0.25) is 0 Å². The van der Waals surface area contributed by atoms with Gasteiger partial charge >= 0.3 is 5.97 Å². The van der Waals surface area contributed by atoms with Gasteiger partial charge in [-0.05, 0) is 18.6 Å². The number of fused-ring (bicyclic) bond motifs is 1. The highest BCUT2D eigenvalue weighted by atomic mass is 16.4. The van der Waals surface area contributed by atoms with E-state index in [9.17, 15) is 9.90 Å². The Labute approximate surface area is 109 Å². The van der Waals surface area contributed by atoms with Crippen LogP contribution in [0.25, 0.3) is 11.4 Å². The maximum absolute atomic E-state index is 11.0. The molecule has 0 saturated heterocycles. The highest BCUT2D eigenvalue weighted by Crippen LogP contribution is 2.24. The average molecular weight is 259 g/mol. The molecule has 1 aliphatic rings. The second-order valence-corrected chi connectivity index (χ2v) is 4.66. The number of aliphatic carboxylic acids is 1. The molecule has 0 amide bonds. The summed E-state index contributed by atoms with van der Waals surface area (Å²) in [6, 6.07) is 6.72. The number of aromatic nitrogens is 3. The Morgan fingerprint density at radius 3 is 3.00 bits per heavy atom. The van der Waals surface area contributed by atoms with Crippen LogP contribution >= 0.6 is 0 Å². The maximum Gasteiger partial charge on any atom is 0.308 e. The van der Waals surface area contributed by atoms with E-state index >= 15 is 0 Å². The summed E-state index contributed by atoms with van der Waals surface area (Å²) in [4.78, 5) is 15.4. The van der Waals surface area contributed by atoms with Crippen molar-refractivity contribution in [3.8, 4) is 17.1 Å². The van der Waals surface area contributed by atoms with Gasteiger partial charge in [-0.1, -0.05) is 12.1 Å². The highest BCUT2D eigenvalue weighted by molar-refractivity contribution is 5.70. The lowest BCUT2D eigenvalue weighted by atomic mass is 10.0. The molecule has 0 bridgehead atoms. The number of carboxylic acids is 1. The zero-order chi connectivity index (χ0) is 13.4. The molecule has 3 rings (SSSR count). The summed E-state index contributed by atoms with van der Waals surface area (Å²) in [6.07, 6.45) is 1.20. The maximum atomic E-state index is 11.0. The molecule has 1 aromatic heterocycles. The largest absolute Gasteiger partial charge is 0.508 e. The molecule has 1 unspecified atom stereocenters. The Bertz CT molecular complexity index is 636. The van der Waals surface area contributed by atoms with E-state index in [0.717, 1.165) is 11.4 Å². The van der Waals surface area contributed by atoms with E-state index < -0.39 is 11.9 Å². The standard InChI is InChI=1S/C13H13N3O3/c17-10-3-1-2-8(6-10)12-14-11-5-4-9(13(18)19)7-16(11)15-12/h1-3,6,9,17H,4-5,7H2,(H,18,19). The molecule has 0 spiro atoms. The van der Waals surface area contributed by atoms with Crippen LogP contribution in [-0.4, -0.2) is 30.9 Å². The minimum absolute atomic E-state index is 0.161. The molecule has 98 valence electrons. The number of phenols is 1. The van der Waals surface area contributed by atoms with E-state index in [2.05, 4.69) is 10.1 Å². The third kappa shape index (κ3) is 2.16. The monoisotopic (exact) mass is 259 g/mol. The first-order valence-electron chi connectivity index (χ1n) is 6.09. The number of carbonyl (C=O) groups is 1. The number of nitrogens with zero attached hydrogens (tertiary/aromatic N) is 3. The molecular weight excluding hydrogens is 246 g/mol. The van der Waals surface area contributed by atoms with Crippen molar-refractivity contribution in [1.29, 1.82) is 0 Å². The van der Waals surface area contributed by atoms with Crippen molar-refractivity contribution in [3.63, 3.8) is 0 Å². The number of aromatic hydroxyl groups is 1. The van der Waals surface area contributed by atoms with Gasteiger partial charge in [0, 0.05) is 12.0 Å². The fraction of sp³-hybridized carbons (Fsp3) is 0.308. The van der Waals surface area contributed by atoms with Crippen LogP contribution < -0.4 is 0 Å². The van der Waals surface area contributed by atoms with Gasteiger partial charge in [0.25, 0.3) is 0 Å². The SMILES string of the molecule is O=C(O)C1CCc2nc(-c3cccc(O)c3)nn2C1. The van der Waals surface area contributed by atoms with Crippen LogP contribution in [0.3, 0.4) is 0 Å². The smallest absolute Gasteiger partial charge is 0.308 e. The third-order valence-corrected chi connectivity index (χ3v) is 3.31. The zero-order valence-electron chi connectivity index (χ0n) is 10.2. The fourth-order valence-corrected chi connectivity index (χ4v) is 2.28. The lowest BCUT2D eigenvalue weighted by Gasteiger charge is -2.18. The number of phenolic OH excluding ortho intramolecular Hbond substituents is 1. The van der Waals surface area contributed by atoms with Crippen molar-refractivity contribution < 1.29 is 15.0 Å². The molecule has 0 radical (unpaired) electrons. The molecular formula is C13H13N3O3. The summed E-state index contributed by atoms with van der Waals surface area (Å²) in [5.74, 6) is 0.299. The van der Waals surface area contributed by atoms with E-state index in [0.29, 0.717) is 25.2 Å². The van der Waals surface area contributed by atoms with Gasteiger partial charge in [0.15, 0.2) is 5.82 Å². The normalized spacial score (nSPS) is 18.0. The second-order valence-electron chi connectivity index (χ2n) is 4.66. The van der Waals surface area contributed by atoms with E-state index in [4.69, 9.17) is 5.11 Å². The number of rotatable bonds is 2. The molecule has 0 fully saturated rings. The molecule has 6 heteroatoms. The zero-order valence-corrected chi connectivity index (χ0v) is 10.2. The molecule has 19 heavy (non-hydrogen) atoms. The summed E-state index contributed by atoms with van der Waals surface area (Å²) >= 11 is 0. The molecule has 2 N–H and O–H groups in total. The summed E-state index contributed by atoms with van der Waals surface area (Å²) in [5.41, 5.74) is 0.730. The van der Waals surface area contributed by atoms with Crippen LogP contribution in [-0.2, 0) is 17.8 Å². The Hall–Kier alpha value is -2.37. The van der Waals surface area contributed by atoms with E-state index in [1.54, 1.807) is 22.9 Å². The summed E-state index contributed by atoms with van der Waals surface area (Å²) in [5, 5.41) is 22.8. The third-order valence-electron chi connectivity index (χ3n) is 3.31. The van der Waals surface area contributed by atoms with Crippen LogP contribution in [0, 0.1) is 5.92 Å². The molecule has 1 aromatic carbocycles. The quantitative estimate of drug-likeness (QED) is 0.848. The molecule has 0 aliphatic carbocycles. The molecule has 2 heterocycles. The summed E-state index contributed by atoms with van der Waals surface area (Å²) in [6.45, 7) is 0.358. The summed E-state index contributed by atoms with van der Waals surface area (Å²) in [7, 11) is 0. The number of carboxylic acid groups (broad SMARTS) is 1. The minimum atomic E-state index is -0.792. The Morgan fingerprint density at radius 1 is 1.42 bits per heavy atom. The molecule has 1 aliphatic heterocycles. The number of aryl methyl sites for hydroxylation is 1. The van der Waals surface area contributed by atoms with E-state index in [1.165, 1.54) is 0 Å². The van der Waals surface area contributed by atoms with Crippen LogP contribution in [0.5, 0.6) is 5.75 Å². The lowest BCUT2D eigenvalue weighted by molar-refractivity contribution is -0.142. The summed E-state index contributed by atoms with van der Waals surface area (Å²) < 4.78 is 1.65. The van der Waals surface area contributed by atoms with Gasteiger partial charge in [-0.3, -0.25) is 4.79 Å². The molecule has 0 saturated carbocycles. The first-order valence-corrected chi connectivity index (χ1v) is 6.09. The van der Waals surface area contributed by atoms with Crippen LogP contribution in [0.1, 0.15) is 12.2 Å². The predicted octanol–water partition coefficient (Wildman–Crippen LogP) is 1.30.